The molecule has 0 spiro atoms. The Morgan fingerprint density at radius 2 is 1.77 bits per heavy atom. The van der Waals surface area contributed by atoms with Crippen LogP contribution in [0.1, 0.15) is 17.3 Å². The lowest BCUT2D eigenvalue weighted by atomic mass is 10.2. The van der Waals surface area contributed by atoms with Crippen LogP contribution < -0.4 is 19.5 Å². The Bertz CT molecular complexity index is 915. The number of amides is 1. The van der Waals surface area contributed by atoms with Crippen molar-refractivity contribution in [1.29, 1.82) is 0 Å². The zero-order chi connectivity index (χ0) is 19.3. The standard InChI is InChI=1S/C17H19FN2O5S/c1-4-19-26(22,23)12-6-7-14(18)13(10-12)17(21)20-11-5-8-15(24-2)16(9-11)25-3/h5-10,19H,4H2,1-3H3,(H,20,21). The van der Waals surface area contributed by atoms with E-state index < -0.39 is 27.3 Å². The second-order valence-electron chi connectivity index (χ2n) is 5.17. The fourth-order valence-electron chi connectivity index (χ4n) is 2.23. The van der Waals surface area contributed by atoms with E-state index in [4.69, 9.17) is 9.47 Å². The lowest BCUT2D eigenvalue weighted by Crippen LogP contribution is -2.24. The summed E-state index contributed by atoms with van der Waals surface area (Å²) in [5, 5.41) is 2.51. The van der Waals surface area contributed by atoms with Crippen molar-refractivity contribution in [2.75, 3.05) is 26.1 Å². The molecule has 0 aliphatic carbocycles. The monoisotopic (exact) mass is 382 g/mol. The molecule has 1 amide bonds. The predicted octanol–water partition coefficient (Wildman–Crippen LogP) is 2.39. The van der Waals surface area contributed by atoms with Gasteiger partial charge in [0.1, 0.15) is 5.82 Å². The Kier molecular flexibility index (Phi) is 6.17. The maximum absolute atomic E-state index is 14.0. The second-order valence-corrected chi connectivity index (χ2v) is 6.93. The van der Waals surface area contributed by atoms with Gasteiger partial charge < -0.3 is 14.8 Å². The lowest BCUT2D eigenvalue weighted by Gasteiger charge is -2.12. The fourth-order valence-corrected chi connectivity index (χ4v) is 3.30. The number of anilines is 1. The van der Waals surface area contributed by atoms with Gasteiger partial charge in [0.15, 0.2) is 11.5 Å². The van der Waals surface area contributed by atoms with Crippen molar-refractivity contribution < 1.29 is 27.1 Å². The van der Waals surface area contributed by atoms with E-state index in [0.717, 1.165) is 18.2 Å². The van der Waals surface area contributed by atoms with Crippen LogP contribution in [0.2, 0.25) is 0 Å². The van der Waals surface area contributed by atoms with Crippen LogP contribution in [0, 0.1) is 5.82 Å². The molecule has 2 aromatic rings. The van der Waals surface area contributed by atoms with Crippen LogP contribution in [0.4, 0.5) is 10.1 Å². The summed E-state index contributed by atoms with van der Waals surface area (Å²) in [7, 11) is -0.892. The van der Waals surface area contributed by atoms with Crippen LogP contribution >= 0.6 is 0 Å². The third kappa shape index (κ3) is 4.30. The Labute approximate surface area is 151 Å². The van der Waals surface area contributed by atoms with E-state index in [1.165, 1.54) is 20.3 Å². The lowest BCUT2D eigenvalue weighted by molar-refractivity contribution is 0.102. The normalized spacial score (nSPS) is 11.1. The van der Waals surface area contributed by atoms with Crippen molar-refractivity contribution in [2.24, 2.45) is 0 Å². The van der Waals surface area contributed by atoms with Crippen LogP contribution in [0.15, 0.2) is 41.3 Å². The van der Waals surface area contributed by atoms with Crippen LogP contribution in [0.3, 0.4) is 0 Å². The van der Waals surface area contributed by atoms with Crippen molar-refractivity contribution in [3.05, 3.63) is 47.8 Å². The third-order valence-corrected chi connectivity index (χ3v) is 5.01. The summed E-state index contributed by atoms with van der Waals surface area (Å²) in [6.07, 6.45) is 0. The molecule has 0 aliphatic heterocycles. The smallest absolute Gasteiger partial charge is 0.258 e. The molecule has 0 bridgehead atoms. The molecule has 0 unspecified atom stereocenters. The highest BCUT2D eigenvalue weighted by Gasteiger charge is 2.19. The molecule has 0 saturated carbocycles. The van der Waals surface area contributed by atoms with E-state index in [0.29, 0.717) is 17.2 Å². The number of carbonyl (C=O) groups excluding carboxylic acids is 1. The average molecular weight is 382 g/mol. The molecular formula is C17H19FN2O5S. The molecule has 0 aliphatic rings. The Morgan fingerprint density at radius 3 is 2.38 bits per heavy atom. The highest BCUT2D eigenvalue weighted by Crippen LogP contribution is 2.30. The minimum absolute atomic E-state index is 0.173. The van der Waals surface area contributed by atoms with E-state index in [2.05, 4.69) is 10.0 Å². The van der Waals surface area contributed by atoms with Crippen molar-refractivity contribution >= 4 is 21.6 Å². The van der Waals surface area contributed by atoms with Crippen LogP contribution in [-0.2, 0) is 10.0 Å². The van der Waals surface area contributed by atoms with E-state index in [1.54, 1.807) is 19.1 Å². The van der Waals surface area contributed by atoms with Gasteiger partial charge in [-0.3, -0.25) is 4.79 Å². The predicted molar refractivity (Wildman–Crippen MR) is 94.8 cm³/mol. The number of hydrogen-bond acceptors (Lipinski definition) is 5. The molecule has 0 atom stereocenters. The van der Waals surface area contributed by atoms with Gasteiger partial charge in [-0.25, -0.2) is 17.5 Å². The van der Waals surface area contributed by atoms with Crippen LogP contribution in [0.5, 0.6) is 11.5 Å². The molecular weight excluding hydrogens is 363 g/mol. The first-order chi connectivity index (χ1) is 12.3. The topological polar surface area (TPSA) is 93.7 Å². The number of methoxy groups -OCH3 is 2. The summed E-state index contributed by atoms with van der Waals surface area (Å²) >= 11 is 0. The molecule has 2 aromatic carbocycles. The first-order valence-electron chi connectivity index (χ1n) is 7.65. The van der Waals surface area contributed by atoms with Crippen molar-refractivity contribution in [2.45, 2.75) is 11.8 Å². The van der Waals surface area contributed by atoms with Gasteiger partial charge in [0.25, 0.3) is 5.91 Å². The first-order valence-corrected chi connectivity index (χ1v) is 9.13. The summed E-state index contributed by atoms with van der Waals surface area (Å²) in [5.74, 6) is -0.772. The molecule has 0 fully saturated rings. The molecule has 0 radical (unpaired) electrons. The number of benzene rings is 2. The van der Waals surface area contributed by atoms with Crippen molar-refractivity contribution in [3.63, 3.8) is 0 Å². The molecule has 0 heterocycles. The molecule has 140 valence electrons. The van der Waals surface area contributed by atoms with Gasteiger partial charge in [-0.2, -0.15) is 0 Å². The molecule has 26 heavy (non-hydrogen) atoms. The molecule has 2 N–H and O–H groups in total. The van der Waals surface area contributed by atoms with Gasteiger partial charge in [0, 0.05) is 18.3 Å². The largest absolute Gasteiger partial charge is 0.493 e. The van der Waals surface area contributed by atoms with Crippen LogP contribution in [0.25, 0.3) is 0 Å². The number of nitrogens with one attached hydrogen (secondary N) is 2. The van der Waals surface area contributed by atoms with E-state index >= 15 is 0 Å². The summed E-state index contributed by atoms with van der Waals surface area (Å²) in [5.41, 5.74) is -0.0502. The quantitative estimate of drug-likeness (QED) is 0.767. The Hall–Kier alpha value is -2.65. The zero-order valence-corrected chi connectivity index (χ0v) is 15.3. The Balaban J connectivity index is 2.33. The molecule has 9 heteroatoms. The molecule has 0 aromatic heterocycles. The number of ether oxygens (including phenoxy) is 2. The number of rotatable bonds is 7. The van der Waals surface area contributed by atoms with Gasteiger partial charge in [0.2, 0.25) is 10.0 Å². The molecule has 2 rings (SSSR count). The summed E-state index contributed by atoms with van der Waals surface area (Å²) in [6, 6.07) is 7.67. The van der Waals surface area contributed by atoms with Gasteiger partial charge in [-0.15, -0.1) is 0 Å². The van der Waals surface area contributed by atoms with Gasteiger partial charge in [0.05, 0.1) is 24.7 Å². The summed E-state index contributed by atoms with van der Waals surface area (Å²) in [4.78, 5) is 12.2. The highest BCUT2D eigenvalue weighted by atomic mass is 32.2. The van der Waals surface area contributed by atoms with Crippen LogP contribution in [-0.4, -0.2) is 35.1 Å². The van der Waals surface area contributed by atoms with Gasteiger partial charge >= 0.3 is 0 Å². The first kappa shape index (κ1) is 19.7. The minimum atomic E-state index is -3.81. The maximum atomic E-state index is 14.0. The average Bonchev–Trinajstić information content (AvgIpc) is 2.61. The van der Waals surface area contributed by atoms with E-state index in [1.807, 2.05) is 0 Å². The van der Waals surface area contributed by atoms with E-state index in [9.17, 15) is 17.6 Å². The SMILES string of the molecule is CCNS(=O)(=O)c1ccc(F)c(C(=O)Nc2ccc(OC)c(OC)c2)c1. The minimum Gasteiger partial charge on any atom is -0.493 e. The fraction of sp³-hybridized carbons (Fsp3) is 0.235. The zero-order valence-electron chi connectivity index (χ0n) is 14.5. The number of hydrogen-bond donors (Lipinski definition) is 2. The Morgan fingerprint density at radius 1 is 1.08 bits per heavy atom. The summed E-state index contributed by atoms with van der Waals surface area (Å²) in [6.45, 7) is 1.79. The van der Waals surface area contributed by atoms with Crippen molar-refractivity contribution in [1.82, 2.24) is 4.72 Å². The van der Waals surface area contributed by atoms with E-state index in [-0.39, 0.29) is 11.4 Å². The maximum Gasteiger partial charge on any atom is 0.258 e. The third-order valence-electron chi connectivity index (χ3n) is 3.47. The molecule has 7 nitrogen and oxygen atoms in total. The number of halogens is 1. The highest BCUT2D eigenvalue weighted by molar-refractivity contribution is 7.89. The van der Waals surface area contributed by atoms with Gasteiger partial charge in [-0.1, -0.05) is 6.92 Å². The van der Waals surface area contributed by atoms with Crippen molar-refractivity contribution in [3.8, 4) is 11.5 Å². The number of sulfonamides is 1. The summed E-state index contributed by atoms with van der Waals surface area (Å²) < 4.78 is 50.6. The number of carbonyl (C=O) groups is 1. The van der Waals surface area contributed by atoms with Gasteiger partial charge in [-0.05, 0) is 30.3 Å². The second kappa shape index (κ2) is 8.15. The molecule has 0 saturated heterocycles.